The van der Waals surface area contributed by atoms with Crippen molar-refractivity contribution < 1.29 is 29.3 Å². The molecule has 0 aliphatic carbocycles. The fourth-order valence-electron chi connectivity index (χ4n) is 4.03. The maximum atomic E-state index is 12.3. The van der Waals surface area contributed by atoms with Crippen molar-refractivity contribution in [3.05, 3.63) is 64.2 Å². The Labute approximate surface area is 192 Å². The van der Waals surface area contributed by atoms with Crippen LogP contribution in [0, 0.1) is 6.92 Å². The van der Waals surface area contributed by atoms with Crippen LogP contribution in [0.4, 0.5) is 0 Å². The minimum absolute atomic E-state index is 0.0181. The summed E-state index contributed by atoms with van der Waals surface area (Å²) in [7, 11) is 0. The van der Waals surface area contributed by atoms with Gasteiger partial charge in [-0.25, -0.2) is 4.79 Å². The predicted molar refractivity (Wildman–Crippen MR) is 120 cm³/mol. The summed E-state index contributed by atoms with van der Waals surface area (Å²) in [6, 6.07) is 12.9. The number of rotatable bonds is 8. The van der Waals surface area contributed by atoms with Gasteiger partial charge in [0.15, 0.2) is 6.61 Å². The van der Waals surface area contributed by atoms with Crippen molar-refractivity contribution in [2.24, 2.45) is 0 Å². The van der Waals surface area contributed by atoms with E-state index < -0.39 is 24.2 Å². The fourth-order valence-corrected chi connectivity index (χ4v) is 4.15. The van der Waals surface area contributed by atoms with E-state index in [0.29, 0.717) is 23.6 Å². The van der Waals surface area contributed by atoms with Gasteiger partial charge in [-0.3, -0.25) is 4.79 Å². The largest absolute Gasteiger partial charge is 0.482 e. The number of aliphatic hydroxyl groups is 1. The molecule has 1 saturated heterocycles. The van der Waals surface area contributed by atoms with Gasteiger partial charge < -0.3 is 25.0 Å². The Balaban J connectivity index is 1.96. The van der Waals surface area contributed by atoms with Gasteiger partial charge in [0.05, 0.1) is 18.8 Å². The lowest BCUT2D eigenvalue weighted by Gasteiger charge is -2.43. The number of benzene rings is 2. The van der Waals surface area contributed by atoms with Gasteiger partial charge in [0.2, 0.25) is 5.91 Å². The number of aryl methyl sites for hydroxylation is 1. The zero-order valence-electron chi connectivity index (χ0n) is 18.1. The average molecular weight is 462 g/mol. The summed E-state index contributed by atoms with van der Waals surface area (Å²) in [6.07, 6.45) is 0.220. The highest BCUT2D eigenvalue weighted by molar-refractivity contribution is 6.30. The van der Waals surface area contributed by atoms with E-state index in [4.69, 9.17) is 31.3 Å². The van der Waals surface area contributed by atoms with E-state index in [-0.39, 0.29) is 25.0 Å². The molecule has 3 N–H and O–H groups in total. The molecule has 0 spiro atoms. The Bertz CT molecular complexity index is 963. The third-order valence-corrected chi connectivity index (χ3v) is 5.74. The van der Waals surface area contributed by atoms with Gasteiger partial charge in [-0.15, -0.1) is 0 Å². The molecular formula is C24H28ClNO6. The minimum Gasteiger partial charge on any atom is -0.482 e. The van der Waals surface area contributed by atoms with Gasteiger partial charge in [-0.1, -0.05) is 35.9 Å². The number of ether oxygens (including phenoxy) is 2. The van der Waals surface area contributed by atoms with Gasteiger partial charge in [-0.05, 0) is 43.2 Å². The molecule has 0 unspecified atom stereocenters. The van der Waals surface area contributed by atoms with Crippen LogP contribution < -0.4 is 10.1 Å². The van der Waals surface area contributed by atoms with Crippen LogP contribution in [-0.4, -0.2) is 40.8 Å². The minimum atomic E-state index is -1.07. The quantitative estimate of drug-likeness (QED) is 0.549. The molecule has 2 aromatic carbocycles. The number of carbonyl (C=O) groups is 2. The molecule has 0 aromatic heterocycles. The second-order valence-electron chi connectivity index (χ2n) is 8.38. The van der Waals surface area contributed by atoms with Gasteiger partial charge >= 0.3 is 5.97 Å². The second kappa shape index (κ2) is 10.3. The average Bonchev–Trinajstić information content (AvgIpc) is 2.72. The molecule has 32 heavy (non-hydrogen) atoms. The Hall–Kier alpha value is -2.61. The topological polar surface area (TPSA) is 105 Å². The van der Waals surface area contributed by atoms with Gasteiger partial charge in [0.1, 0.15) is 5.75 Å². The van der Waals surface area contributed by atoms with Crippen LogP contribution in [0.2, 0.25) is 5.02 Å². The Kier molecular flexibility index (Phi) is 7.77. The van der Waals surface area contributed by atoms with Crippen LogP contribution in [0.5, 0.6) is 5.75 Å². The first-order chi connectivity index (χ1) is 15.2. The molecular weight excluding hydrogens is 434 g/mol. The maximum absolute atomic E-state index is 12.3. The van der Waals surface area contributed by atoms with E-state index >= 15 is 0 Å². The number of aliphatic hydroxyl groups excluding tert-OH is 1. The number of halogens is 1. The highest BCUT2D eigenvalue weighted by Gasteiger charge is 2.41. The van der Waals surface area contributed by atoms with Crippen LogP contribution in [0.1, 0.15) is 55.1 Å². The van der Waals surface area contributed by atoms with E-state index in [0.717, 1.165) is 16.7 Å². The lowest BCUT2D eigenvalue weighted by Crippen LogP contribution is -2.51. The number of carbonyl (C=O) groups excluding carboxylic acids is 1. The van der Waals surface area contributed by atoms with Crippen molar-refractivity contribution in [1.29, 1.82) is 0 Å². The first-order valence-electron chi connectivity index (χ1n) is 10.5. The zero-order valence-corrected chi connectivity index (χ0v) is 18.9. The van der Waals surface area contributed by atoms with E-state index in [9.17, 15) is 9.59 Å². The van der Waals surface area contributed by atoms with Crippen molar-refractivity contribution >= 4 is 23.5 Å². The summed E-state index contributed by atoms with van der Waals surface area (Å²) >= 11 is 6.04. The highest BCUT2D eigenvalue weighted by atomic mass is 35.5. The van der Waals surface area contributed by atoms with Crippen LogP contribution >= 0.6 is 11.6 Å². The molecule has 1 aliphatic rings. The van der Waals surface area contributed by atoms with Gasteiger partial charge in [0.25, 0.3) is 0 Å². The number of nitrogens with one attached hydrogen (secondary N) is 1. The van der Waals surface area contributed by atoms with Crippen molar-refractivity contribution in [3.8, 4) is 5.75 Å². The lowest BCUT2D eigenvalue weighted by atomic mass is 9.81. The third kappa shape index (κ3) is 6.22. The van der Waals surface area contributed by atoms with Crippen LogP contribution in [0.25, 0.3) is 0 Å². The number of hydrogen-bond acceptors (Lipinski definition) is 5. The molecule has 1 amide bonds. The van der Waals surface area contributed by atoms with E-state index in [1.807, 2.05) is 38.1 Å². The number of carboxylic acids is 1. The molecule has 3 atom stereocenters. The zero-order chi connectivity index (χ0) is 23.3. The third-order valence-electron chi connectivity index (χ3n) is 5.49. The van der Waals surface area contributed by atoms with Crippen molar-refractivity contribution in [2.75, 3.05) is 13.2 Å². The van der Waals surface area contributed by atoms with E-state index in [2.05, 4.69) is 5.32 Å². The number of amides is 1. The van der Waals surface area contributed by atoms with Crippen molar-refractivity contribution in [2.45, 2.75) is 50.9 Å². The maximum Gasteiger partial charge on any atom is 0.341 e. The Morgan fingerprint density at radius 1 is 1.19 bits per heavy atom. The molecule has 1 aliphatic heterocycles. The summed E-state index contributed by atoms with van der Waals surface area (Å²) in [5, 5.41) is 21.9. The number of hydrogen-bond donors (Lipinski definition) is 3. The highest BCUT2D eigenvalue weighted by Crippen LogP contribution is 2.46. The molecule has 1 fully saturated rings. The van der Waals surface area contributed by atoms with E-state index in [1.54, 1.807) is 18.2 Å². The molecule has 1 heterocycles. The monoisotopic (exact) mass is 461 g/mol. The van der Waals surface area contributed by atoms with Crippen LogP contribution in [-0.2, 0) is 14.3 Å². The second-order valence-corrected chi connectivity index (χ2v) is 8.82. The fraction of sp³-hybridized carbons (Fsp3) is 0.417. The lowest BCUT2D eigenvalue weighted by molar-refractivity contribution is -0.139. The molecule has 2 aromatic rings. The van der Waals surface area contributed by atoms with Crippen molar-refractivity contribution in [1.82, 2.24) is 5.32 Å². The molecule has 0 bridgehead atoms. The summed E-state index contributed by atoms with van der Waals surface area (Å²) < 4.78 is 12.0. The number of aliphatic carboxylic acids is 1. The van der Waals surface area contributed by atoms with E-state index in [1.165, 1.54) is 0 Å². The molecule has 0 radical (unpaired) electrons. The van der Waals surface area contributed by atoms with Gasteiger partial charge in [-0.2, -0.15) is 0 Å². The first kappa shape index (κ1) is 24.0. The summed E-state index contributed by atoms with van der Waals surface area (Å²) in [5.41, 5.74) is 1.95. The van der Waals surface area contributed by atoms with Crippen molar-refractivity contribution in [3.63, 3.8) is 0 Å². The first-order valence-corrected chi connectivity index (χ1v) is 10.8. The number of carboxylic acid groups (broad SMARTS) is 1. The van der Waals surface area contributed by atoms with Crippen LogP contribution in [0.15, 0.2) is 42.5 Å². The molecule has 7 nitrogen and oxygen atoms in total. The molecule has 3 rings (SSSR count). The summed E-state index contributed by atoms with van der Waals surface area (Å²) in [4.78, 5) is 23.4. The Morgan fingerprint density at radius 2 is 1.88 bits per heavy atom. The van der Waals surface area contributed by atoms with Gasteiger partial charge in [0, 0.05) is 35.4 Å². The smallest absolute Gasteiger partial charge is 0.341 e. The standard InChI is InChI=1S/C24H28ClNO6/c1-15-3-8-18(19(11-15)31-14-23(29)30)21-13-24(2,26-22(28)9-10-27)12-20(32-21)16-4-6-17(25)7-5-16/h3-8,11,20-21,27H,9-10,12-14H2,1-2H3,(H,26,28)(H,29,30)/t20-,21+,24+/m0/s1. The normalized spacial score (nSPS) is 22.9. The molecule has 172 valence electrons. The predicted octanol–water partition coefficient (Wildman–Crippen LogP) is 3.96. The molecule has 0 saturated carbocycles. The summed E-state index contributed by atoms with van der Waals surface area (Å²) in [5.74, 6) is -0.864. The SMILES string of the molecule is Cc1ccc([C@H]2C[C@](C)(NC(=O)CCO)C[C@@H](c3ccc(Cl)cc3)O2)c(OCC(=O)O)c1. The summed E-state index contributed by atoms with van der Waals surface area (Å²) in [6.45, 7) is 3.16. The van der Waals surface area contributed by atoms with Crippen LogP contribution in [0.3, 0.4) is 0 Å². The molecule has 8 heteroatoms. The Morgan fingerprint density at radius 3 is 2.53 bits per heavy atom.